The summed E-state index contributed by atoms with van der Waals surface area (Å²) in [6.45, 7) is 2.15. The summed E-state index contributed by atoms with van der Waals surface area (Å²) >= 11 is 0. The monoisotopic (exact) mass is 259 g/mol. The van der Waals surface area contributed by atoms with Gasteiger partial charge in [-0.3, -0.25) is 0 Å². The number of sulfonamides is 1. The Kier molecular flexibility index (Phi) is 5.75. The van der Waals surface area contributed by atoms with Crippen LogP contribution >= 0.6 is 0 Å². The van der Waals surface area contributed by atoms with Crippen LogP contribution in [-0.2, 0) is 14.7 Å². The van der Waals surface area contributed by atoms with Crippen molar-refractivity contribution in [3.05, 3.63) is 5.73 Å². The third kappa shape index (κ3) is 4.15. The second-order valence-electron chi connectivity index (χ2n) is 4.52. The largest absolute Gasteiger partial charge is 0.675 e. The summed E-state index contributed by atoms with van der Waals surface area (Å²) in [4.78, 5) is 0. The first-order chi connectivity index (χ1) is 8.01. The average molecular weight is 259 g/mol. The van der Waals surface area contributed by atoms with Crippen LogP contribution < -0.4 is 0 Å². The molecule has 2 aliphatic rings. The normalized spacial score (nSPS) is 32.4. The minimum Gasteiger partial charge on any atom is -0.675 e. The van der Waals surface area contributed by atoms with Crippen molar-refractivity contribution in [2.75, 3.05) is 12.3 Å². The molecule has 1 heterocycles. The molecular weight excluding hydrogens is 239 g/mol. The molecule has 0 aromatic carbocycles. The van der Waals surface area contributed by atoms with E-state index in [9.17, 15) is 8.42 Å². The Morgan fingerprint density at radius 2 is 1.76 bits per heavy atom. The van der Waals surface area contributed by atoms with E-state index in [0.717, 1.165) is 39.3 Å². The van der Waals surface area contributed by atoms with Crippen LogP contribution in [0.2, 0.25) is 6.82 Å². The van der Waals surface area contributed by atoms with E-state index < -0.39 is 10.0 Å². The summed E-state index contributed by atoms with van der Waals surface area (Å²) in [6, 6.07) is 0.237. The molecule has 0 aromatic rings. The molecule has 0 bridgehead atoms. The zero-order chi connectivity index (χ0) is 12.9. The van der Waals surface area contributed by atoms with Crippen LogP contribution in [0.15, 0.2) is 0 Å². The van der Waals surface area contributed by atoms with Crippen molar-refractivity contribution in [2.24, 2.45) is 0 Å². The van der Waals surface area contributed by atoms with E-state index in [2.05, 4.69) is 0 Å². The standard InChI is InChI=1S/C9H17N2O2S.CH3BO/c10-8-2-4-9(5-3-8)11-6-1-7-14(11,12)13;1-2-3/h8-10H,1-7H2;1H3/q-1;. The zero-order valence-electron chi connectivity index (χ0n) is 10.3. The molecule has 1 saturated carbocycles. The van der Waals surface area contributed by atoms with Crippen LogP contribution in [-0.4, -0.2) is 44.3 Å². The second kappa shape index (κ2) is 6.61. The van der Waals surface area contributed by atoms with Gasteiger partial charge < -0.3 is 5.73 Å². The fourth-order valence-electron chi connectivity index (χ4n) is 2.43. The molecule has 0 amide bonds. The van der Waals surface area contributed by atoms with Gasteiger partial charge in [-0.05, 0) is 19.3 Å². The van der Waals surface area contributed by atoms with Crippen molar-refractivity contribution in [1.29, 1.82) is 0 Å². The maximum atomic E-state index is 11.6. The van der Waals surface area contributed by atoms with E-state index in [1.807, 2.05) is 0 Å². The molecule has 17 heavy (non-hydrogen) atoms. The summed E-state index contributed by atoms with van der Waals surface area (Å²) in [7, 11) is -2.18. The molecule has 0 atom stereocenters. The molecule has 1 N–H and O–H groups in total. The Balaban J connectivity index is 0.000000437. The minimum atomic E-state index is -2.93. The maximum Gasteiger partial charge on any atom is 0.214 e. The van der Waals surface area contributed by atoms with Crippen LogP contribution in [0.5, 0.6) is 0 Å². The van der Waals surface area contributed by atoms with Crippen LogP contribution in [0, 0.1) is 0 Å². The summed E-state index contributed by atoms with van der Waals surface area (Å²) in [6.07, 6.45) is 4.26. The molecule has 0 unspecified atom stereocenters. The average Bonchev–Trinajstić information content (AvgIpc) is 2.61. The summed E-state index contributed by atoms with van der Waals surface area (Å²) < 4.78 is 33.7. The van der Waals surface area contributed by atoms with E-state index in [4.69, 9.17) is 10.4 Å². The molecule has 5 nitrogen and oxygen atoms in total. The van der Waals surface area contributed by atoms with Crippen LogP contribution in [0.3, 0.4) is 0 Å². The van der Waals surface area contributed by atoms with E-state index >= 15 is 0 Å². The Morgan fingerprint density at radius 1 is 1.24 bits per heavy atom. The van der Waals surface area contributed by atoms with Gasteiger partial charge in [0.1, 0.15) is 0 Å². The number of nitrogens with zero attached hydrogens (tertiary/aromatic N) is 1. The number of hydrogen-bond acceptors (Lipinski definition) is 3. The second-order valence-corrected chi connectivity index (χ2v) is 6.56. The molecule has 0 aromatic heterocycles. The summed E-state index contributed by atoms with van der Waals surface area (Å²) in [5.74, 6) is 0.327. The van der Waals surface area contributed by atoms with Crippen LogP contribution in [0.4, 0.5) is 0 Å². The van der Waals surface area contributed by atoms with E-state index in [-0.39, 0.29) is 12.1 Å². The Morgan fingerprint density at radius 3 is 2.18 bits per heavy atom. The van der Waals surface area contributed by atoms with Gasteiger partial charge in [-0.1, -0.05) is 12.8 Å². The van der Waals surface area contributed by atoms with Crippen LogP contribution in [0.25, 0.3) is 5.73 Å². The van der Waals surface area contributed by atoms with Crippen molar-refractivity contribution in [3.8, 4) is 0 Å². The SMILES string of the molecule is CB=O.[NH-]C1CCC(N2CCCS2(=O)=O)CC1. The van der Waals surface area contributed by atoms with Crippen LogP contribution in [0.1, 0.15) is 32.1 Å². The summed E-state index contributed by atoms with van der Waals surface area (Å²) in [5.41, 5.74) is 7.56. The number of rotatable bonds is 1. The third-order valence-corrected chi connectivity index (χ3v) is 5.24. The van der Waals surface area contributed by atoms with E-state index in [1.165, 1.54) is 6.82 Å². The van der Waals surface area contributed by atoms with Gasteiger partial charge in [0.15, 0.2) is 0 Å². The van der Waals surface area contributed by atoms with Crippen molar-refractivity contribution in [2.45, 2.75) is 51.0 Å². The van der Waals surface area contributed by atoms with Gasteiger partial charge in [0.2, 0.25) is 10.0 Å². The van der Waals surface area contributed by atoms with Gasteiger partial charge in [-0.25, -0.2) is 8.42 Å². The topological polar surface area (TPSA) is 78.2 Å². The first-order valence-corrected chi connectivity index (χ1v) is 7.72. The first kappa shape index (κ1) is 14.8. The molecule has 7 heteroatoms. The Hall–Kier alpha value is -0.265. The molecule has 1 aliphatic heterocycles. The van der Waals surface area contributed by atoms with Gasteiger partial charge in [0.25, 0.3) is 0 Å². The zero-order valence-corrected chi connectivity index (χ0v) is 11.1. The molecule has 1 saturated heterocycles. The van der Waals surface area contributed by atoms with Gasteiger partial charge in [-0.2, -0.15) is 4.31 Å². The van der Waals surface area contributed by atoms with Gasteiger partial charge in [0, 0.05) is 12.6 Å². The predicted octanol–water partition coefficient (Wildman–Crippen LogP) is 1.47. The van der Waals surface area contributed by atoms with E-state index in [1.54, 1.807) is 4.31 Å². The third-order valence-electron chi connectivity index (χ3n) is 3.24. The van der Waals surface area contributed by atoms with Gasteiger partial charge in [-0.15, -0.1) is 6.04 Å². The quantitative estimate of drug-likeness (QED) is 0.669. The predicted molar refractivity (Wildman–Crippen MR) is 67.8 cm³/mol. The number of hydrogen-bond donors (Lipinski definition) is 0. The van der Waals surface area contributed by atoms with Gasteiger partial charge in [0.05, 0.1) is 5.75 Å². The molecule has 2 rings (SSSR count). The Bertz CT molecular complexity index is 339. The first-order valence-electron chi connectivity index (χ1n) is 6.11. The smallest absolute Gasteiger partial charge is 0.214 e. The van der Waals surface area contributed by atoms with Crippen molar-refractivity contribution in [1.82, 2.24) is 4.31 Å². The molecule has 1 aliphatic carbocycles. The molecule has 0 spiro atoms. The van der Waals surface area contributed by atoms with Crippen molar-refractivity contribution in [3.63, 3.8) is 0 Å². The summed E-state index contributed by atoms with van der Waals surface area (Å²) in [5, 5.41) is 0. The molecule has 98 valence electrons. The molecular formula is C10H20BN2O3S-. The van der Waals surface area contributed by atoms with Gasteiger partial charge >= 0.3 is 18.7 Å². The fraction of sp³-hybridized carbons (Fsp3) is 1.00. The van der Waals surface area contributed by atoms with E-state index in [0.29, 0.717) is 12.3 Å². The minimum absolute atomic E-state index is 0.0385. The van der Waals surface area contributed by atoms with Crippen molar-refractivity contribution < 1.29 is 13.1 Å². The molecule has 2 fully saturated rings. The fourth-order valence-corrected chi connectivity index (χ4v) is 4.23. The number of nitrogens with one attached hydrogen (secondary N) is 1. The Labute approximate surface area is 104 Å². The molecule has 0 radical (unpaired) electrons. The van der Waals surface area contributed by atoms with Crippen molar-refractivity contribution >= 4 is 17.2 Å². The maximum absolute atomic E-state index is 11.6.